The Kier molecular flexibility index (Phi) is 3.12. The van der Waals surface area contributed by atoms with E-state index < -0.39 is 0 Å². The van der Waals surface area contributed by atoms with Crippen molar-refractivity contribution in [3.63, 3.8) is 0 Å². The smallest absolute Gasteiger partial charge is 0.191 e. The highest BCUT2D eigenvalue weighted by atomic mass is 15.3. The molecule has 1 fully saturated rings. The molecule has 16 heavy (non-hydrogen) atoms. The molecule has 0 saturated heterocycles. The quantitative estimate of drug-likeness (QED) is 0.577. The first-order valence-electron chi connectivity index (χ1n) is 5.64. The molecule has 0 amide bonds. The van der Waals surface area contributed by atoms with E-state index in [1.165, 1.54) is 6.42 Å². The third kappa shape index (κ3) is 2.53. The number of aliphatic imine (C=N–C) groups is 1. The Morgan fingerprint density at radius 2 is 2.44 bits per heavy atom. The first-order valence-corrected chi connectivity index (χ1v) is 5.64. The first kappa shape index (κ1) is 11.0. The summed E-state index contributed by atoms with van der Waals surface area (Å²) < 4.78 is 1.86. The van der Waals surface area contributed by atoms with Crippen LogP contribution in [0.1, 0.15) is 19.0 Å². The van der Waals surface area contributed by atoms with Crippen LogP contribution in [0.15, 0.2) is 17.3 Å². The molecular weight excluding hydrogens is 202 g/mol. The van der Waals surface area contributed by atoms with Gasteiger partial charge in [0.25, 0.3) is 0 Å². The van der Waals surface area contributed by atoms with Crippen LogP contribution in [0.2, 0.25) is 0 Å². The molecule has 1 aliphatic carbocycles. The largest absolute Gasteiger partial charge is 0.353 e. The second kappa shape index (κ2) is 4.55. The highest BCUT2D eigenvalue weighted by Crippen LogP contribution is 2.28. The second-order valence-corrected chi connectivity index (χ2v) is 4.34. The van der Waals surface area contributed by atoms with Crippen molar-refractivity contribution in [3.05, 3.63) is 18.0 Å². The molecule has 5 nitrogen and oxygen atoms in total. The monoisotopic (exact) mass is 221 g/mol. The van der Waals surface area contributed by atoms with E-state index in [9.17, 15) is 0 Å². The molecule has 2 N–H and O–H groups in total. The fraction of sp³-hybridized carbons (Fsp3) is 0.636. The van der Waals surface area contributed by atoms with Gasteiger partial charge in [0.05, 0.1) is 12.2 Å². The van der Waals surface area contributed by atoms with Gasteiger partial charge in [0.2, 0.25) is 0 Å². The van der Waals surface area contributed by atoms with Gasteiger partial charge in [-0.25, -0.2) is 0 Å². The maximum atomic E-state index is 4.20. The van der Waals surface area contributed by atoms with Crippen LogP contribution in [0, 0.1) is 5.92 Å². The molecule has 0 aliphatic heterocycles. The van der Waals surface area contributed by atoms with Crippen LogP contribution in [-0.4, -0.2) is 28.8 Å². The SMILES string of the molecule is CN=C(NCc1ccnn1C)NC1CC1C. The van der Waals surface area contributed by atoms with Crippen molar-refractivity contribution >= 4 is 5.96 Å². The van der Waals surface area contributed by atoms with E-state index in [2.05, 4.69) is 27.6 Å². The molecular formula is C11H19N5. The number of rotatable bonds is 3. The molecule has 1 heterocycles. The zero-order valence-corrected chi connectivity index (χ0v) is 10.1. The maximum absolute atomic E-state index is 4.20. The normalized spacial score (nSPS) is 24.3. The molecule has 1 aromatic heterocycles. The number of nitrogens with zero attached hydrogens (tertiary/aromatic N) is 3. The molecule has 2 unspecified atom stereocenters. The van der Waals surface area contributed by atoms with Crippen molar-refractivity contribution in [1.29, 1.82) is 0 Å². The minimum atomic E-state index is 0.595. The number of aromatic nitrogens is 2. The van der Waals surface area contributed by atoms with Crippen LogP contribution in [-0.2, 0) is 13.6 Å². The zero-order valence-electron chi connectivity index (χ0n) is 10.1. The number of nitrogens with one attached hydrogen (secondary N) is 2. The van der Waals surface area contributed by atoms with Gasteiger partial charge in [0.15, 0.2) is 5.96 Å². The van der Waals surface area contributed by atoms with E-state index in [1.807, 2.05) is 17.8 Å². The number of hydrogen-bond donors (Lipinski definition) is 2. The highest BCUT2D eigenvalue weighted by molar-refractivity contribution is 5.80. The summed E-state index contributed by atoms with van der Waals surface area (Å²) in [6.45, 7) is 2.99. The van der Waals surface area contributed by atoms with Crippen LogP contribution < -0.4 is 10.6 Å². The Morgan fingerprint density at radius 1 is 1.69 bits per heavy atom. The van der Waals surface area contributed by atoms with Gasteiger partial charge in [0.1, 0.15) is 0 Å². The van der Waals surface area contributed by atoms with E-state index in [4.69, 9.17) is 0 Å². The third-order valence-electron chi connectivity index (χ3n) is 3.01. The van der Waals surface area contributed by atoms with Gasteiger partial charge >= 0.3 is 0 Å². The summed E-state index contributed by atoms with van der Waals surface area (Å²) >= 11 is 0. The summed E-state index contributed by atoms with van der Waals surface area (Å²) in [5.41, 5.74) is 1.15. The Hall–Kier alpha value is -1.52. The summed E-state index contributed by atoms with van der Waals surface area (Å²) in [5.74, 6) is 1.64. The lowest BCUT2D eigenvalue weighted by Crippen LogP contribution is -2.38. The van der Waals surface area contributed by atoms with Gasteiger partial charge in [0, 0.05) is 26.3 Å². The van der Waals surface area contributed by atoms with Gasteiger partial charge in [-0.05, 0) is 18.4 Å². The number of hydrogen-bond acceptors (Lipinski definition) is 2. The van der Waals surface area contributed by atoms with Crippen LogP contribution in [0.3, 0.4) is 0 Å². The van der Waals surface area contributed by atoms with Crippen molar-refractivity contribution in [2.24, 2.45) is 18.0 Å². The van der Waals surface area contributed by atoms with Crippen LogP contribution >= 0.6 is 0 Å². The summed E-state index contributed by atoms with van der Waals surface area (Å²) in [6.07, 6.45) is 3.04. The van der Waals surface area contributed by atoms with Gasteiger partial charge in [-0.3, -0.25) is 9.67 Å². The molecule has 0 bridgehead atoms. The van der Waals surface area contributed by atoms with E-state index in [1.54, 1.807) is 13.2 Å². The van der Waals surface area contributed by atoms with Crippen molar-refractivity contribution < 1.29 is 0 Å². The molecule has 0 radical (unpaired) electrons. The molecule has 5 heteroatoms. The number of guanidine groups is 1. The van der Waals surface area contributed by atoms with E-state index >= 15 is 0 Å². The molecule has 2 rings (SSSR count). The molecule has 1 aliphatic rings. The van der Waals surface area contributed by atoms with Gasteiger partial charge in [-0.1, -0.05) is 6.92 Å². The van der Waals surface area contributed by atoms with Crippen LogP contribution in [0.4, 0.5) is 0 Å². The van der Waals surface area contributed by atoms with E-state index in [-0.39, 0.29) is 0 Å². The Balaban J connectivity index is 1.81. The highest BCUT2D eigenvalue weighted by Gasteiger charge is 2.33. The molecule has 1 saturated carbocycles. The molecule has 88 valence electrons. The predicted octanol–water partition coefficient (Wildman–Crippen LogP) is 0.493. The Bertz CT molecular complexity index is 381. The first-order chi connectivity index (χ1) is 7.70. The Labute approximate surface area is 95.9 Å². The van der Waals surface area contributed by atoms with E-state index in [0.29, 0.717) is 6.04 Å². The lowest BCUT2D eigenvalue weighted by atomic mass is 10.4. The molecule has 0 aromatic carbocycles. The van der Waals surface area contributed by atoms with E-state index in [0.717, 1.165) is 24.1 Å². The standard InChI is InChI=1S/C11H19N5/c1-8-6-10(8)15-11(12-2)13-7-9-4-5-14-16(9)3/h4-5,8,10H,6-7H2,1-3H3,(H2,12,13,15). The fourth-order valence-corrected chi connectivity index (χ4v) is 1.64. The van der Waals surface area contributed by atoms with Crippen molar-refractivity contribution in [2.45, 2.75) is 25.9 Å². The lowest BCUT2D eigenvalue weighted by Gasteiger charge is -2.11. The van der Waals surface area contributed by atoms with Crippen LogP contribution in [0.25, 0.3) is 0 Å². The summed E-state index contributed by atoms with van der Waals surface area (Å²) in [4.78, 5) is 4.20. The summed E-state index contributed by atoms with van der Waals surface area (Å²) in [6, 6.07) is 2.60. The van der Waals surface area contributed by atoms with Crippen molar-refractivity contribution in [3.8, 4) is 0 Å². The minimum absolute atomic E-state index is 0.595. The third-order valence-corrected chi connectivity index (χ3v) is 3.01. The average molecular weight is 221 g/mol. The fourth-order valence-electron chi connectivity index (χ4n) is 1.64. The topological polar surface area (TPSA) is 54.2 Å². The predicted molar refractivity (Wildman–Crippen MR) is 64.1 cm³/mol. The van der Waals surface area contributed by atoms with Gasteiger partial charge < -0.3 is 10.6 Å². The number of aryl methyl sites for hydroxylation is 1. The average Bonchev–Trinajstić information content (AvgIpc) is 2.79. The lowest BCUT2D eigenvalue weighted by molar-refractivity contribution is 0.681. The summed E-state index contributed by atoms with van der Waals surface area (Å²) in [5, 5.41) is 10.8. The van der Waals surface area contributed by atoms with Crippen molar-refractivity contribution in [2.75, 3.05) is 7.05 Å². The zero-order chi connectivity index (χ0) is 11.5. The molecule has 1 aromatic rings. The van der Waals surface area contributed by atoms with Crippen molar-refractivity contribution in [1.82, 2.24) is 20.4 Å². The van der Waals surface area contributed by atoms with Crippen LogP contribution in [0.5, 0.6) is 0 Å². The molecule has 2 atom stereocenters. The van der Waals surface area contributed by atoms with Gasteiger partial charge in [-0.15, -0.1) is 0 Å². The Morgan fingerprint density at radius 3 is 2.94 bits per heavy atom. The second-order valence-electron chi connectivity index (χ2n) is 4.34. The minimum Gasteiger partial charge on any atom is -0.353 e. The maximum Gasteiger partial charge on any atom is 0.191 e. The van der Waals surface area contributed by atoms with Gasteiger partial charge in [-0.2, -0.15) is 5.10 Å². The summed E-state index contributed by atoms with van der Waals surface area (Å²) in [7, 11) is 3.74. The molecule has 0 spiro atoms.